The molecule has 2 heterocycles. The lowest BCUT2D eigenvalue weighted by atomic mass is 9.83. The molecule has 0 bridgehead atoms. The molecular weight excluding hydrogens is 612 g/mol. The van der Waals surface area contributed by atoms with Gasteiger partial charge in [-0.1, -0.05) is 38.1 Å². The Morgan fingerprint density at radius 2 is 1.77 bits per heavy atom. The first-order chi connectivity index (χ1) is 20.6. The van der Waals surface area contributed by atoms with Gasteiger partial charge in [-0.2, -0.15) is 8.42 Å². The van der Waals surface area contributed by atoms with Crippen LogP contribution in [-0.2, 0) is 29.9 Å². The molecule has 14 heteroatoms. The van der Waals surface area contributed by atoms with Crippen LogP contribution in [-0.4, -0.2) is 76.8 Å². The van der Waals surface area contributed by atoms with Crippen LogP contribution in [0.15, 0.2) is 82.3 Å². The first-order valence-corrected chi connectivity index (χ1v) is 16.7. The number of aliphatic carboxylic acids is 1. The third-order valence-corrected chi connectivity index (χ3v) is 9.94. The average molecular weight is 647 g/mol. The van der Waals surface area contributed by atoms with Crippen LogP contribution in [0, 0.1) is 0 Å². The summed E-state index contributed by atoms with van der Waals surface area (Å²) in [4.78, 5) is 37.5. The molecule has 44 heavy (non-hydrogen) atoms. The number of ketones is 2. The summed E-state index contributed by atoms with van der Waals surface area (Å²) in [6.07, 6.45) is 6.51. The van der Waals surface area contributed by atoms with Gasteiger partial charge in [0.05, 0.1) is 17.2 Å². The Balaban J connectivity index is 1.58. The van der Waals surface area contributed by atoms with Crippen LogP contribution in [0.4, 0.5) is 11.4 Å². The summed E-state index contributed by atoms with van der Waals surface area (Å²) >= 11 is 0. The van der Waals surface area contributed by atoms with E-state index in [0.717, 1.165) is 16.9 Å². The normalized spacial score (nSPS) is 19.4. The molecule has 5 N–H and O–H groups in total. The Morgan fingerprint density at radius 1 is 1.07 bits per heavy atom. The highest BCUT2D eigenvalue weighted by Crippen LogP contribution is 2.62. The summed E-state index contributed by atoms with van der Waals surface area (Å²) in [5.41, 5.74) is 2.72. The summed E-state index contributed by atoms with van der Waals surface area (Å²) < 4.78 is 58.3. The molecule has 2 aromatic rings. The fourth-order valence-electron chi connectivity index (χ4n) is 5.18. The summed E-state index contributed by atoms with van der Waals surface area (Å²) in [5, 5.41) is 11.7. The molecule has 0 fully saturated rings. The number of allylic oxidation sites excluding steroid dienone is 6. The highest BCUT2D eigenvalue weighted by Gasteiger charge is 2.40. The lowest BCUT2D eigenvalue weighted by molar-refractivity contribution is -0.143. The van der Waals surface area contributed by atoms with E-state index in [1.54, 1.807) is 42.5 Å². The number of carboxylic acid groups (broad SMARTS) is 1. The lowest BCUT2D eigenvalue weighted by Gasteiger charge is -2.28. The number of ether oxygens (including phenoxy) is 1. The standard InChI is InChI=1S/C30H34N2O10S2/c1-30(2)23-16-20(31-17-21(33)18-42-19-28(34)35)12-13-24(23)32(14-7-15-43(37,38)39)27(30)11-6-5-10-26-29(36)22-8-3-4-9-25(22)44(26,40)41/h3-6,8-13,16,31,40-41H,7,14-15,17-19H2,1-2H3,(H,34,35)(H,37,38,39)/b6-5+,26-10-,27-11-. The maximum atomic E-state index is 12.8. The number of rotatable bonds is 13. The molecule has 0 unspecified atom stereocenters. The van der Waals surface area contributed by atoms with Crippen molar-refractivity contribution >= 4 is 49.6 Å². The SMILES string of the molecule is CC1(C)/C(=C/C=C/C=C2/C(=O)c3ccccc3S2(O)O)N(CCCS(=O)(=O)O)c2ccc(NCC(=O)COCC(=O)O)cc21. The van der Waals surface area contributed by atoms with Gasteiger partial charge in [0.2, 0.25) is 5.78 Å². The van der Waals surface area contributed by atoms with Gasteiger partial charge in [0.25, 0.3) is 10.1 Å². The van der Waals surface area contributed by atoms with E-state index >= 15 is 0 Å². The van der Waals surface area contributed by atoms with Crippen molar-refractivity contribution in [2.45, 2.75) is 30.6 Å². The van der Waals surface area contributed by atoms with E-state index in [1.165, 1.54) is 12.1 Å². The van der Waals surface area contributed by atoms with Crippen molar-refractivity contribution in [1.82, 2.24) is 0 Å². The fraction of sp³-hybridized carbons (Fsp3) is 0.300. The number of Topliss-reactive ketones (excluding diaryl/α,β-unsaturated/α-hetero) is 2. The predicted molar refractivity (Wildman–Crippen MR) is 167 cm³/mol. The maximum Gasteiger partial charge on any atom is 0.329 e. The molecule has 12 nitrogen and oxygen atoms in total. The molecule has 236 valence electrons. The van der Waals surface area contributed by atoms with Crippen LogP contribution in [0.1, 0.15) is 36.2 Å². The van der Waals surface area contributed by atoms with Gasteiger partial charge >= 0.3 is 5.97 Å². The van der Waals surface area contributed by atoms with Gasteiger partial charge in [-0.3, -0.25) is 23.2 Å². The molecule has 0 spiro atoms. The van der Waals surface area contributed by atoms with Gasteiger partial charge in [0.15, 0.2) is 5.78 Å². The third-order valence-electron chi connectivity index (χ3n) is 7.24. The zero-order valence-corrected chi connectivity index (χ0v) is 25.7. The van der Waals surface area contributed by atoms with Crippen molar-refractivity contribution in [2.75, 3.05) is 42.3 Å². The van der Waals surface area contributed by atoms with E-state index < -0.39 is 50.2 Å². The van der Waals surface area contributed by atoms with Crippen LogP contribution in [0.3, 0.4) is 0 Å². The van der Waals surface area contributed by atoms with Crippen LogP contribution in [0.5, 0.6) is 0 Å². The van der Waals surface area contributed by atoms with Crippen molar-refractivity contribution < 1.29 is 46.3 Å². The Morgan fingerprint density at radius 3 is 2.45 bits per heavy atom. The van der Waals surface area contributed by atoms with Gasteiger partial charge in [-0.05, 0) is 54.5 Å². The number of hydrogen-bond acceptors (Lipinski definition) is 10. The van der Waals surface area contributed by atoms with Crippen LogP contribution >= 0.6 is 10.6 Å². The monoisotopic (exact) mass is 646 g/mol. The zero-order valence-electron chi connectivity index (χ0n) is 24.1. The molecule has 0 radical (unpaired) electrons. The zero-order chi connectivity index (χ0) is 32.3. The molecule has 0 saturated carbocycles. The number of carbonyl (C=O) groups is 3. The largest absolute Gasteiger partial charge is 0.480 e. The number of benzene rings is 2. The minimum atomic E-state index is -4.17. The second-order valence-corrected chi connectivity index (χ2v) is 14.3. The first-order valence-electron chi connectivity index (χ1n) is 13.6. The Bertz CT molecular complexity index is 1680. The van der Waals surface area contributed by atoms with E-state index in [4.69, 9.17) is 9.84 Å². The van der Waals surface area contributed by atoms with Crippen molar-refractivity contribution in [3.8, 4) is 0 Å². The molecule has 0 saturated heterocycles. The maximum absolute atomic E-state index is 12.8. The highest BCUT2D eigenvalue weighted by atomic mass is 32.3. The number of nitrogens with zero attached hydrogens (tertiary/aromatic N) is 1. The van der Waals surface area contributed by atoms with Gasteiger partial charge < -0.3 is 20.1 Å². The number of nitrogens with one attached hydrogen (secondary N) is 1. The number of fused-ring (bicyclic) bond motifs is 2. The van der Waals surface area contributed by atoms with Crippen LogP contribution in [0.25, 0.3) is 0 Å². The van der Waals surface area contributed by atoms with Crippen LogP contribution < -0.4 is 10.2 Å². The molecule has 0 amide bonds. The van der Waals surface area contributed by atoms with Gasteiger partial charge in [-0.25, -0.2) is 4.79 Å². The number of carbonyl (C=O) groups excluding carboxylic acids is 2. The molecule has 2 aromatic carbocycles. The van der Waals surface area contributed by atoms with E-state index in [1.807, 2.05) is 30.9 Å². The van der Waals surface area contributed by atoms with Gasteiger partial charge in [0.1, 0.15) is 18.1 Å². The Kier molecular flexibility index (Phi) is 9.83. The summed E-state index contributed by atoms with van der Waals surface area (Å²) in [7, 11) is -7.61. The van der Waals surface area contributed by atoms with Crippen molar-refractivity contribution in [1.29, 1.82) is 0 Å². The lowest BCUT2D eigenvalue weighted by Crippen LogP contribution is -2.28. The fourth-order valence-corrected chi connectivity index (χ4v) is 7.28. The highest BCUT2D eigenvalue weighted by molar-refractivity contribution is 8.28. The molecule has 0 aliphatic carbocycles. The smallest absolute Gasteiger partial charge is 0.329 e. The number of hydrogen-bond donors (Lipinski definition) is 5. The quantitative estimate of drug-likeness (QED) is 0.152. The van der Waals surface area contributed by atoms with Gasteiger partial charge in [0, 0.05) is 34.6 Å². The number of carboxylic acids is 1. The summed E-state index contributed by atoms with van der Waals surface area (Å²) in [6.45, 7) is 3.19. The molecular formula is C30H34N2O10S2. The summed E-state index contributed by atoms with van der Waals surface area (Å²) in [6, 6.07) is 11.8. The van der Waals surface area contributed by atoms with E-state index in [-0.39, 0.29) is 47.3 Å². The molecule has 0 aromatic heterocycles. The van der Waals surface area contributed by atoms with E-state index in [0.29, 0.717) is 5.69 Å². The minimum Gasteiger partial charge on any atom is -0.480 e. The summed E-state index contributed by atoms with van der Waals surface area (Å²) in [5.74, 6) is -2.39. The molecule has 4 rings (SSSR count). The van der Waals surface area contributed by atoms with Gasteiger partial charge in [-0.15, -0.1) is 10.6 Å². The first kappa shape index (κ1) is 33.1. The molecule has 0 atom stereocenters. The second-order valence-electron chi connectivity index (χ2n) is 10.8. The average Bonchev–Trinajstić information content (AvgIpc) is 3.27. The second kappa shape index (κ2) is 13.1. The molecule has 2 aliphatic rings. The Hall–Kier alpha value is -3.79. The predicted octanol–water partition coefficient (Wildman–Crippen LogP) is 4.47. The van der Waals surface area contributed by atoms with E-state index in [9.17, 15) is 36.5 Å². The Labute approximate surface area is 256 Å². The van der Waals surface area contributed by atoms with Crippen molar-refractivity contribution in [3.05, 3.63) is 88.5 Å². The number of anilines is 2. The van der Waals surface area contributed by atoms with Crippen molar-refractivity contribution in [3.63, 3.8) is 0 Å². The third kappa shape index (κ3) is 7.29. The van der Waals surface area contributed by atoms with Crippen molar-refractivity contribution in [2.24, 2.45) is 0 Å². The van der Waals surface area contributed by atoms with Crippen LogP contribution in [0.2, 0.25) is 0 Å². The molecule has 2 aliphatic heterocycles. The minimum absolute atomic E-state index is 0.0845. The topological polar surface area (TPSA) is 191 Å². The van der Waals surface area contributed by atoms with E-state index in [2.05, 4.69) is 5.32 Å².